The van der Waals surface area contributed by atoms with Gasteiger partial charge in [-0.15, -0.1) is 0 Å². The highest BCUT2D eigenvalue weighted by molar-refractivity contribution is 5.97. The second-order valence-corrected chi connectivity index (χ2v) is 2.40. The van der Waals surface area contributed by atoms with Crippen LogP contribution in [0.5, 0.6) is 0 Å². The first-order chi connectivity index (χ1) is 6.70. The van der Waals surface area contributed by atoms with E-state index in [2.05, 4.69) is 22.3 Å². The number of nitrogens with zero attached hydrogens (tertiary/aromatic N) is 1. The van der Waals surface area contributed by atoms with E-state index in [4.69, 9.17) is 9.94 Å². The summed E-state index contributed by atoms with van der Waals surface area (Å²) in [4.78, 5) is 15.6. The summed E-state index contributed by atoms with van der Waals surface area (Å²) in [6.07, 6.45) is 0. The fraction of sp³-hybridized carbons (Fsp3) is 0.556. The molecule has 0 aliphatic heterocycles. The second-order valence-electron chi connectivity index (χ2n) is 2.40. The molecule has 0 saturated heterocycles. The topological polar surface area (TPSA) is 70.9 Å². The molecule has 0 aliphatic rings. The van der Waals surface area contributed by atoms with Crippen molar-refractivity contribution in [2.45, 2.75) is 13.8 Å². The van der Waals surface area contributed by atoms with Crippen LogP contribution in [-0.4, -0.2) is 36.5 Å². The summed E-state index contributed by atoms with van der Waals surface area (Å²) in [5.41, 5.74) is 0.516. The van der Waals surface area contributed by atoms with Gasteiger partial charge in [-0.25, -0.2) is 0 Å². The van der Waals surface area contributed by atoms with Crippen molar-refractivity contribution in [1.29, 1.82) is 0 Å². The summed E-state index contributed by atoms with van der Waals surface area (Å²) >= 11 is 0. The third kappa shape index (κ3) is 7.13. The molecule has 0 radical (unpaired) electrons. The SMILES string of the molecule is CC#C/C(C)=N\OCC(=O)NCCO. The van der Waals surface area contributed by atoms with Crippen molar-refractivity contribution in [2.24, 2.45) is 5.16 Å². The summed E-state index contributed by atoms with van der Waals surface area (Å²) in [5.74, 6) is 4.99. The van der Waals surface area contributed by atoms with Crippen molar-refractivity contribution in [3.05, 3.63) is 0 Å². The molecule has 0 saturated carbocycles. The Morgan fingerprint density at radius 2 is 2.36 bits per heavy atom. The standard InChI is InChI=1S/C9H14N2O3/c1-3-4-8(2)11-14-7-9(13)10-5-6-12/h12H,5-7H2,1-2H3,(H,10,13)/b11-8-. The summed E-state index contributed by atoms with van der Waals surface area (Å²) in [5, 5.41) is 14.4. The van der Waals surface area contributed by atoms with E-state index in [1.807, 2.05) is 0 Å². The molecule has 14 heavy (non-hydrogen) atoms. The fourth-order valence-corrected chi connectivity index (χ4v) is 0.638. The number of hydrogen-bond acceptors (Lipinski definition) is 4. The van der Waals surface area contributed by atoms with Crippen molar-refractivity contribution in [3.8, 4) is 11.8 Å². The predicted octanol–water partition coefficient (Wildman–Crippen LogP) is -0.489. The lowest BCUT2D eigenvalue weighted by Gasteiger charge is -2.00. The molecule has 0 atom stereocenters. The molecule has 2 N–H and O–H groups in total. The molecule has 5 nitrogen and oxygen atoms in total. The van der Waals surface area contributed by atoms with Crippen molar-refractivity contribution in [2.75, 3.05) is 19.8 Å². The maximum atomic E-state index is 10.9. The average molecular weight is 198 g/mol. The Kier molecular flexibility index (Phi) is 7.19. The lowest BCUT2D eigenvalue weighted by atomic mass is 10.4. The smallest absolute Gasteiger partial charge is 0.260 e. The summed E-state index contributed by atoms with van der Waals surface area (Å²) in [7, 11) is 0. The maximum Gasteiger partial charge on any atom is 0.260 e. The van der Waals surface area contributed by atoms with Crippen LogP contribution in [0.4, 0.5) is 0 Å². The van der Waals surface area contributed by atoms with Crippen molar-refractivity contribution in [3.63, 3.8) is 0 Å². The van der Waals surface area contributed by atoms with Gasteiger partial charge in [-0.2, -0.15) is 0 Å². The van der Waals surface area contributed by atoms with Gasteiger partial charge in [0.05, 0.1) is 6.61 Å². The summed E-state index contributed by atoms with van der Waals surface area (Å²) < 4.78 is 0. The maximum absolute atomic E-state index is 10.9. The van der Waals surface area contributed by atoms with E-state index in [-0.39, 0.29) is 25.7 Å². The minimum atomic E-state index is -0.319. The van der Waals surface area contributed by atoms with E-state index in [0.717, 1.165) is 0 Å². The molecule has 0 spiro atoms. The van der Waals surface area contributed by atoms with E-state index in [9.17, 15) is 4.79 Å². The second kappa shape index (κ2) is 8.08. The molecule has 0 bridgehead atoms. The van der Waals surface area contributed by atoms with Gasteiger partial charge >= 0.3 is 0 Å². The Morgan fingerprint density at radius 3 is 2.93 bits per heavy atom. The minimum Gasteiger partial charge on any atom is -0.395 e. The van der Waals surface area contributed by atoms with Crippen LogP contribution in [-0.2, 0) is 9.63 Å². The molecule has 0 aromatic rings. The summed E-state index contributed by atoms with van der Waals surface area (Å²) in [6.45, 7) is 3.34. The normalized spacial score (nSPS) is 10.1. The van der Waals surface area contributed by atoms with Crippen LogP contribution in [0.25, 0.3) is 0 Å². The zero-order valence-electron chi connectivity index (χ0n) is 8.33. The van der Waals surface area contributed by atoms with Gasteiger partial charge in [0, 0.05) is 6.54 Å². The Labute approximate surface area is 83.1 Å². The molecule has 0 fully saturated rings. The monoisotopic (exact) mass is 198 g/mol. The molecule has 0 aromatic carbocycles. The lowest BCUT2D eigenvalue weighted by molar-refractivity contribution is -0.125. The zero-order valence-corrected chi connectivity index (χ0v) is 8.33. The molecular formula is C9H14N2O3. The third-order valence-electron chi connectivity index (χ3n) is 1.14. The Balaban J connectivity index is 3.66. The van der Waals surface area contributed by atoms with Crippen LogP contribution in [0.1, 0.15) is 13.8 Å². The van der Waals surface area contributed by atoms with Crippen molar-refractivity contribution in [1.82, 2.24) is 5.32 Å². The van der Waals surface area contributed by atoms with Gasteiger partial charge in [-0.1, -0.05) is 11.1 Å². The van der Waals surface area contributed by atoms with E-state index in [0.29, 0.717) is 5.71 Å². The average Bonchev–Trinajstić information content (AvgIpc) is 2.15. The molecule has 78 valence electrons. The quantitative estimate of drug-likeness (QED) is 0.356. The van der Waals surface area contributed by atoms with Gasteiger partial charge in [-0.05, 0) is 19.8 Å². The number of rotatable bonds is 5. The largest absolute Gasteiger partial charge is 0.395 e. The molecule has 0 heterocycles. The van der Waals surface area contributed by atoms with E-state index < -0.39 is 0 Å². The molecular weight excluding hydrogens is 184 g/mol. The van der Waals surface area contributed by atoms with Gasteiger partial charge in [0.15, 0.2) is 6.61 Å². The van der Waals surface area contributed by atoms with Gasteiger partial charge in [-0.3, -0.25) is 4.79 Å². The minimum absolute atomic E-state index is 0.0880. The Morgan fingerprint density at radius 1 is 1.64 bits per heavy atom. The van der Waals surface area contributed by atoms with Gasteiger partial charge in [0.2, 0.25) is 0 Å². The predicted molar refractivity (Wildman–Crippen MR) is 52.6 cm³/mol. The number of carbonyl (C=O) groups is 1. The summed E-state index contributed by atoms with van der Waals surface area (Å²) in [6, 6.07) is 0. The number of nitrogens with one attached hydrogen (secondary N) is 1. The van der Waals surface area contributed by atoms with Crippen molar-refractivity contribution >= 4 is 11.6 Å². The van der Waals surface area contributed by atoms with Gasteiger partial charge < -0.3 is 15.3 Å². The lowest BCUT2D eigenvalue weighted by Crippen LogP contribution is -2.29. The third-order valence-corrected chi connectivity index (χ3v) is 1.14. The van der Waals surface area contributed by atoms with E-state index in [1.54, 1.807) is 13.8 Å². The number of amides is 1. The fourth-order valence-electron chi connectivity index (χ4n) is 0.638. The zero-order chi connectivity index (χ0) is 10.8. The van der Waals surface area contributed by atoms with Crippen LogP contribution in [0.3, 0.4) is 0 Å². The molecule has 5 heteroatoms. The number of hydrogen-bond donors (Lipinski definition) is 2. The van der Waals surface area contributed by atoms with E-state index in [1.165, 1.54) is 0 Å². The van der Waals surface area contributed by atoms with Crippen LogP contribution in [0.15, 0.2) is 5.16 Å². The molecule has 0 aliphatic carbocycles. The number of aliphatic hydroxyl groups is 1. The Hall–Kier alpha value is -1.54. The van der Waals surface area contributed by atoms with Gasteiger partial charge in [0.25, 0.3) is 5.91 Å². The van der Waals surface area contributed by atoms with Crippen LogP contribution < -0.4 is 5.32 Å². The molecule has 0 aromatic heterocycles. The van der Waals surface area contributed by atoms with Crippen LogP contribution >= 0.6 is 0 Å². The highest BCUT2D eigenvalue weighted by Gasteiger charge is 1.98. The van der Waals surface area contributed by atoms with Crippen LogP contribution in [0.2, 0.25) is 0 Å². The molecule has 0 unspecified atom stereocenters. The highest BCUT2D eigenvalue weighted by atomic mass is 16.6. The van der Waals surface area contributed by atoms with Crippen LogP contribution in [0, 0.1) is 11.8 Å². The highest BCUT2D eigenvalue weighted by Crippen LogP contribution is 1.80. The first-order valence-electron chi connectivity index (χ1n) is 4.17. The number of oxime groups is 1. The first-order valence-corrected chi connectivity index (χ1v) is 4.17. The molecule has 1 amide bonds. The Bertz CT molecular complexity index is 263. The number of carbonyl (C=O) groups excluding carboxylic acids is 1. The van der Waals surface area contributed by atoms with E-state index >= 15 is 0 Å². The van der Waals surface area contributed by atoms with Crippen molar-refractivity contribution < 1.29 is 14.7 Å². The molecule has 0 rings (SSSR count). The number of aliphatic hydroxyl groups excluding tert-OH is 1. The van der Waals surface area contributed by atoms with Gasteiger partial charge in [0.1, 0.15) is 5.71 Å². The first kappa shape index (κ1) is 12.5.